The van der Waals surface area contributed by atoms with Gasteiger partial charge in [0.25, 0.3) is 0 Å². The van der Waals surface area contributed by atoms with E-state index < -0.39 is 0 Å². The number of hydrogen-bond acceptors (Lipinski definition) is 5. The van der Waals surface area contributed by atoms with Gasteiger partial charge >= 0.3 is 11.9 Å². The molecule has 198 valence electrons. The minimum Gasteiger partial charge on any atom is -0.465 e. The standard InChI is InChI=1S/C31H44O5/c1-4-5-6-7-8-9-10-11-12-13-14-15-16-17-26-24-28(22-23-29(26)31(33)35-3)36-27-20-18-25(19-21-27)30(32)34-2/h18-24H,4-17H2,1-3H3. The zero-order valence-electron chi connectivity index (χ0n) is 22.5. The zero-order chi connectivity index (χ0) is 26.0. The van der Waals surface area contributed by atoms with Crippen LogP contribution in [0.3, 0.4) is 0 Å². The summed E-state index contributed by atoms with van der Waals surface area (Å²) in [4.78, 5) is 23.9. The molecular weight excluding hydrogens is 452 g/mol. The van der Waals surface area contributed by atoms with Crippen molar-refractivity contribution >= 4 is 11.9 Å². The highest BCUT2D eigenvalue weighted by Gasteiger charge is 2.13. The Balaban J connectivity index is 1.77. The van der Waals surface area contributed by atoms with Gasteiger partial charge in [0, 0.05) is 0 Å². The number of ether oxygens (including phenoxy) is 3. The second-order valence-electron chi connectivity index (χ2n) is 9.42. The van der Waals surface area contributed by atoms with Crippen LogP contribution in [0.15, 0.2) is 42.5 Å². The van der Waals surface area contributed by atoms with Crippen LogP contribution < -0.4 is 4.74 Å². The first-order valence-corrected chi connectivity index (χ1v) is 13.7. The van der Waals surface area contributed by atoms with Gasteiger partial charge in [-0.05, 0) is 60.9 Å². The van der Waals surface area contributed by atoms with Gasteiger partial charge in [0.15, 0.2) is 0 Å². The van der Waals surface area contributed by atoms with Crippen LogP contribution in [0.4, 0.5) is 0 Å². The molecule has 0 unspecified atom stereocenters. The Kier molecular flexibility index (Phi) is 14.4. The predicted molar refractivity (Wildman–Crippen MR) is 145 cm³/mol. The Morgan fingerprint density at radius 2 is 1.11 bits per heavy atom. The van der Waals surface area contributed by atoms with Gasteiger partial charge in [0.2, 0.25) is 0 Å². The van der Waals surface area contributed by atoms with E-state index in [-0.39, 0.29) is 11.9 Å². The fraction of sp³-hybridized carbons (Fsp3) is 0.548. The van der Waals surface area contributed by atoms with Gasteiger partial charge in [0.05, 0.1) is 25.3 Å². The van der Waals surface area contributed by atoms with Gasteiger partial charge in [-0.15, -0.1) is 0 Å². The molecule has 0 heterocycles. The largest absolute Gasteiger partial charge is 0.465 e. The molecule has 0 fully saturated rings. The summed E-state index contributed by atoms with van der Waals surface area (Å²) in [5, 5.41) is 0. The SMILES string of the molecule is CCCCCCCCCCCCCCCc1cc(Oc2ccc(C(=O)OC)cc2)ccc1C(=O)OC. The first-order valence-electron chi connectivity index (χ1n) is 13.7. The van der Waals surface area contributed by atoms with E-state index in [1.54, 1.807) is 36.4 Å². The molecule has 2 aromatic carbocycles. The van der Waals surface area contributed by atoms with Crippen LogP contribution in [0, 0.1) is 0 Å². The lowest BCUT2D eigenvalue weighted by molar-refractivity contribution is 0.0591. The molecule has 0 atom stereocenters. The number of benzene rings is 2. The Morgan fingerprint density at radius 3 is 1.64 bits per heavy atom. The number of aryl methyl sites for hydroxylation is 1. The second-order valence-corrected chi connectivity index (χ2v) is 9.42. The number of carbonyl (C=O) groups excluding carboxylic acids is 2. The van der Waals surface area contributed by atoms with Crippen molar-refractivity contribution in [1.82, 2.24) is 0 Å². The van der Waals surface area contributed by atoms with Gasteiger partial charge in [0.1, 0.15) is 11.5 Å². The van der Waals surface area contributed by atoms with E-state index in [0.717, 1.165) is 24.8 Å². The number of unbranched alkanes of at least 4 members (excludes halogenated alkanes) is 12. The van der Waals surface area contributed by atoms with E-state index in [0.29, 0.717) is 22.6 Å². The first kappa shape index (κ1) is 29.4. The Morgan fingerprint density at radius 1 is 0.611 bits per heavy atom. The summed E-state index contributed by atoms with van der Waals surface area (Å²) in [7, 11) is 2.76. The molecule has 0 aromatic heterocycles. The average Bonchev–Trinajstić information content (AvgIpc) is 2.91. The van der Waals surface area contributed by atoms with Crippen molar-refractivity contribution in [3.63, 3.8) is 0 Å². The highest BCUT2D eigenvalue weighted by Crippen LogP contribution is 2.26. The maximum absolute atomic E-state index is 12.3. The minimum absolute atomic E-state index is 0.325. The van der Waals surface area contributed by atoms with Gasteiger partial charge in [-0.2, -0.15) is 0 Å². The molecule has 2 aromatic rings. The monoisotopic (exact) mass is 496 g/mol. The summed E-state index contributed by atoms with van der Waals surface area (Å²) in [6.07, 6.45) is 17.8. The topological polar surface area (TPSA) is 61.8 Å². The van der Waals surface area contributed by atoms with Gasteiger partial charge in [-0.25, -0.2) is 9.59 Å². The van der Waals surface area contributed by atoms with Crippen LogP contribution in [0.1, 0.15) is 117 Å². The van der Waals surface area contributed by atoms with Crippen LogP contribution in [-0.2, 0) is 15.9 Å². The lowest BCUT2D eigenvalue weighted by atomic mass is 9.99. The van der Waals surface area contributed by atoms with Crippen LogP contribution in [0.2, 0.25) is 0 Å². The molecule has 0 spiro atoms. The van der Waals surface area contributed by atoms with Crippen molar-refractivity contribution in [2.24, 2.45) is 0 Å². The molecule has 0 N–H and O–H groups in total. The molecule has 0 aliphatic carbocycles. The molecule has 0 saturated heterocycles. The van der Waals surface area contributed by atoms with E-state index >= 15 is 0 Å². The van der Waals surface area contributed by atoms with Crippen LogP contribution >= 0.6 is 0 Å². The Bertz CT molecular complexity index is 904. The summed E-state index contributed by atoms with van der Waals surface area (Å²) in [5.41, 5.74) is 1.99. The quantitative estimate of drug-likeness (QED) is 0.153. The Hall–Kier alpha value is -2.82. The van der Waals surface area contributed by atoms with Crippen LogP contribution in [0.25, 0.3) is 0 Å². The molecule has 5 heteroatoms. The highest BCUT2D eigenvalue weighted by atomic mass is 16.5. The van der Waals surface area contributed by atoms with Crippen molar-refractivity contribution in [2.75, 3.05) is 14.2 Å². The summed E-state index contributed by atoms with van der Waals surface area (Å²) < 4.78 is 15.7. The number of methoxy groups -OCH3 is 2. The minimum atomic E-state index is -0.385. The number of esters is 2. The van der Waals surface area contributed by atoms with E-state index in [2.05, 4.69) is 6.92 Å². The normalized spacial score (nSPS) is 10.8. The molecule has 5 nitrogen and oxygen atoms in total. The van der Waals surface area contributed by atoms with E-state index in [4.69, 9.17) is 14.2 Å². The molecule has 0 amide bonds. The van der Waals surface area contributed by atoms with Gasteiger partial charge in [-0.3, -0.25) is 0 Å². The summed E-state index contributed by atoms with van der Waals surface area (Å²) in [5.74, 6) is 0.552. The lowest BCUT2D eigenvalue weighted by Gasteiger charge is -2.12. The number of rotatable bonds is 18. The third-order valence-corrected chi connectivity index (χ3v) is 6.54. The van der Waals surface area contributed by atoms with Crippen LogP contribution in [-0.4, -0.2) is 26.2 Å². The summed E-state index contributed by atoms with van der Waals surface area (Å²) in [6, 6.07) is 12.2. The maximum Gasteiger partial charge on any atom is 0.338 e. The van der Waals surface area contributed by atoms with Crippen molar-refractivity contribution < 1.29 is 23.8 Å². The van der Waals surface area contributed by atoms with E-state index in [1.165, 1.54) is 84.8 Å². The number of hydrogen-bond donors (Lipinski definition) is 0. The van der Waals surface area contributed by atoms with Crippen molar-refractivity contribution in [3.8, 4) is 11.5 Å². The van der Waals surface area contributed by atoms with E-state index in [1.807, 2.05) is 6.07 Å². The highest BCUT2D eigenvalue weighted by molar-refractivity contribution is 5.91. The molecular formula is C31H44O5. The summed E-state index contributed by atoms with van der Waals surface area (Å²) >= 11 is 0. The first-order chi connectivity index (χ1) is 17.6. The fourth-order valence-electron chi connectivity index (χ4n) is 4.40. The maximum atomic E-state index is 12.3. The lowest BCUT2D eigenvalue weighted by Crippen LogP contribution is -2.06. The van der Waals surface area contributed by atoms with Crippen molar-refractivity contribution in [1.29, 1.82) is 0 Å². The predicted octanol–water partition coefficient (Wildman–Crippen LogP) is 8.69. The zero-order valence-corrected chi connectivity index (χ0v) is 22.5. The van der Waals surface area contributed by atoms with Crippen molar-refractivity contribution in [3.05, 3.63) is 59.2 Å². The number of carbonyl (C=O) groups is 2. The molecule has 0 bridgehead atoms. The van der Waals surface area contributed by atoms with E-state index in [9.17, 15) is 9.59 Å². The molecule has 0 aliphatic rings. The fourth-order valence-corrected chi connectivity index (χ4v) is 4.40. The smallest absolute Gasteiger partial charge is 0.338 e. The third kappa shape index (κ3) is 10.8. The van der Waals surface area contributed by atoms with Gasteiger partial charge in [-0.1, -0.05) is 84.0 Å². The van der Waals surface area contributed by atoms with Crippen LogP contribution in [0.5, 0.6) is 11.5 Å². The molecule has 36 heavy (non-hydrogen) atoms. The molecule has 2 rings (SSSR count). The molecule has 0 radical (unpaired) electrons. The third-order valence-electron chi connectivity index (χ3n) is 6.54. The molecule has 0 saturated carbocycles. The Labute approximate surface area is 217 Å². The summed E-state index contributed by atoms with van der Waals surface area (Å²) in [6.45, 7) is 2.26. The average molecular weight is 497 g/mol. The second kappa shape index (κ2) is 17.6. The van der Waals surface area contributed by atoms with Crippen molar-refractivity contribution in [2.45, 2.75) is 96.8 Å². The molecule has 0 aliphatic heterocycles. The van der Waals surface area contributed by atoms with Gasteiger partial charge < -0.3 is 14.2 Å².